The minimum atomic E-state index is -0.703. The molecule has 0 atom stereocenters. The van der Waals surface area contributed by atoms with Gasteiger partial charge in [-0.05, 0) is 81.1 Å². The Labute approximate surface area is 157 Å². The molecule has 1 heterocycles. The maximum atomic E-state index is 10.7. The Morgan fingerprint density at radius 2 is 1.73 bits per heavy atom. The van der Waals surface area contributed by atoms with Crippen molar-refractivity contribution in [3.8, 4) is 5.75 Å². The highest BCUT2D eigenvalue weighted by atomic mass is 16.5. The molecular formula is C22H33NO3. The van der Waals surface area contributed by atoms with Gasteiger partial charge in [-0.25, -0.2) is 0 Å². The molecule has 1 N–H and O–H groups in total. The summed E-state index contributed by atoms with van der Waals surface area (Å²) in [6.07, 6.45) is 9.15. The molecule has 26 heavy (non-hydrogen) atoms. The molecule has 0 unspecified atom stereocenters. The van der Waals surface area contributed by atoms with Crippen molar-refractivity contribution in [1.82, 2.24) is 4.90 Å². The van der Waals surface area contributed by atoms with E-state index in [1.807, 2.05) is 0 Å². The zero-order chi connectivity index (χ0) is 18.4. The van der Waals surface area contributed by atoms with E-state index >= 15 is 0 Å². The van der Waals surface area contributed by atoms with Crippen LogP contribution in [0.4, 0.5) is 0 Å². The van der Waals surface area contributed by atoms with Crippen LogP contribution in [-0.2, 0) is 4.79 Å². The van der Waals surface area contributed by atoms with Crippen LogP contribution >= 0.6 is 0 Å². The largest absolute Gasteiger partial charge is 0.490 e. The van der Waals surface area contributed by atoms with Crippen molar-refractivity contribution in [2.24, 2.45) is 5.92 Å². The molecule has 4 heteroatoms. The fraction of sp³-hybridized carbons (Fsp3) is 0.682. The van der Waals surface area contributed by atoms with Crippen LogP contribution in [0.3, 0.4) is 0 Å². The number of nitrogens with zero attached hydrogens (tertiary/aromatic N) is 1. The fourth-order valence-electron chi connectivity index (χ4n) is 4.41. The molecule has 1 saturated heterocycles. The van der Waals surface area contributed by atoms with Crippen molar-refractivity contribution in [2.45, 2.75) is 70.3 Å². The standard InChI is InChI=1S/C22H33NO3/c1-2-17-3-7-20(8-4-17)26-21-9-5-18(6-10-21)19-11-14-23(15-12-19)16-13-22(24)25/h5-6,9-10,17,19-20H,2-4,7-8,11-16H2,1H3,(H,24,25). The smallest absolute Gasteiger partial charge is 0.304 e. The highest BCUT2D eigenvalue weighted by molar-refractivity contribution is 5.66. The zero-order valence-electron chi connectivity index (χ0n) is 16.0. The van der Waals surface area contributed by atoms with Crippen LogP contribution in [0.2, 0.25) is 0 Å². The number of hydrogen-bond donors (Lipinski definition) is 1. The van der Waals surface area contributed by atoms with Gasteiger partial charge in [-0.1, -0.05) is 25.5 Å². The average molecular weight is 360 g/mol. The molecule has 0 aromatic heterocycles. The van der Waals surface area contributed by atoms with Gasteiger partial charge in [0.2, 0.25) is 0 Å². The third-order valence-electron chi connectivity index (χ3n) is 6.25. The predicted molar refractivity (Wildman–Crippen MR) is 104 cm³/mol. The van der Waals surface area contributed by atoms with Crippen LogP contribution in [0.15, 0.2) is 24.3 Å². The summed E-state index contributed by atoms with van der Waals surface area (Å²) in [4.78, 5) is 13.0. The quantitative estimate of drug-likeness (QED) is 0.767. The lowest BCUT2D eigenvalue weighted by molar-refractivity contribution is -0.137. The number of carbonyl (C=O) groups is 1. The second-order valence-corrected chi connectivity index (χ2v) is 8.00. The third-order valence-corrected chi connectivity index (χ3v) is 6.25. The van der Waals surface area contributed by atoms with Crippen molar-refractivity contribution in [3.05, 3.63) is 29.8 Å². The van der Waals surface area contributed by atoms with E-state index in [0.29, 0.717) is 18.6 Å². The second kappa shape index (κ2) is 9.40. The lowest BCUT2D eigenvalue weighted by Gasteiger charge is -2.32. The van der Waals surface area contributed by atoms with E-state index in [-0.39, 0.29) is 6.42 Å². The van der Waals surface area contributed by atoms with Crippen molar-refractivity contribution in [3.63, 3.8) is 0 Å². The van der Waals surface area contributed by atoms with Crippen LogP contribution < -0.4 is 4.74 Å². The van der Waals surface area contributed by atoms with Gasteiger partial charge in [0.25, 0.3) is 0 Å². The first kappa shape index (κ1) is 19.2. The highest BCUT2D eigenvalue weighted by Gasteiger charge is 2.22. The fourth-order valence-corrected chi connectivity index (χ4v) is 4.41. The number of likely N-dealkylation sites (tertiary alicyclic amines) is 1. The molecule has 1 aliphatic heterocycles. The van der Waals surface area contributed by atoms with Crippen molar-refractivity contribution >= 4 is 5.97 Å². The SMILES string of the molecule is CCC1CCC(Oc2ccc(C3CCN(CCC(=O)O)CC3)cc2)CC1. The van der Waals surface area contributed by atoms with Crippen molar-refractivity contribution < 1.29 is 14.6 Å². The number of piperidine rings is 1. The molecule has 0 radical (unpaired) electrons. The molecule has 0 spiro atoms. The molecule has 1 aromatic rings. The van der Waals surface area contributed by atoms with E-state index in [2.05, 4.69) is 36.1 Å². The Morgan fingerprint density at radius 3 is 2.31 bits per heavy atom. The Balaban J connectivity index is 1.44. The number of carboxylic acid groups (broad SMARTS) is 1. The van der Waals surface area contributed by atoms with Crippen molar-refractivity contribution in [1.29, 1.82) is 0 Å². The maximum Gasteiger partial charge on any atom is 0.304 e. The first-order valence-corrected chi connectivity index (χ1v) is 10.3. The van der Waals surface area contributed by atoms with Gasteiger partial charge in [0, 0.05) is 6.54 Å². The normalized spacial score (nSPS) is 25.1. The topological polar surface area (TPSA) is 49.8 Å². The molecule has 1 aromatic carbocycles. The van der Waals surface area contributed by atoms with E-state index in [1.165, 1.54) is 37.7 Å². The predicted octanol–water partition coefficient (Wildman–Crippen LogP) is 4.69. The number of carboxylic acids is 1. The van der Waals surface area contributed by atoms with Gasteiger partial charge in [-0.15, -0.1) is 0 Å². The number of benzene rings is 1. The average Bonchev–Trinajstić information content (AvgIpc) is 2.68. The lowest BCUT2D eigenvalue weighted by atomic mass is 9.86. The van der Waals surface area contributed by atoms with Gasteiger partial charge < -0.3 is 14.7 Å². The van der Waals surface area contributed by atoms with E-state index in [1.54, 1.807) is 0 Å². The summed E-state index contributed by atoms with van der Waals surface area (Å²) < 4.78 is 6.20. The summed E-state index contributed by atoms with van der Waals surface area (Å²) in [7, 11) is 0. The number of ether oxygens (including phenoxy) is 1. The van der Waals surface area contributed by atoms with Crippen LogP contribution in [0, 0.1) is 5.92 Å². The Bertz CT molecular complexity index is 555. The van der Waals surface area contributed by atoms with Crippen molar-refractivity contribution in [2.75, 3.05) is 19.6 Å². The van der Waals surface area contributed by atoms with E-state index in [9.17, 15) is 4.79 Å². The summed E-state index contributed by atoms with van der Waals surface area (Å²) in [5.41, 5.74) is 1.39. The molecule has 4 nitrogen and oxygen atoms in total. The monoisotopic (exact) mass is 359 g/mol. The molecule has 1 saturated carbocycles. The number of aliphatic carboxylic acids is 1. The molecule has 2 fully saturated rings. The van der Waals surface area contributed by atoms with Gasteiger partial charge in [0.15, 0.2) is 0 Å². The van der Waals surface area contributed by atoms with E-state index in [4.69, 9.17) is 9.84 Å². The summed E-state index contributed by atoms with van der Waals surface area (Å²) in [6.45, 7) is 4.96. The van der Waals surface area contributed by atoms with Crippen LogP contribution in [-0.4, -0.2) is 41.7 Å². The minimum absolute atomic E-state index is 0.247. The minimum Gasteiger partial charge on any atom is -0.490 e. The zero-order valence-corrected chi connectivity index (χ0v) is 16.0. The summed E-state index contributed by atoms with van der Waals surface area (Å²) >= 11 is 0. The Kier molecular flexibility index (Phi) is 6.95. The number of rotatable bonds is 7. The molecular weight excluding hydrogens is 326 g/mol. The summed E-state index contributed by atoms with van der Waals surface area (Å²) in [5.74, 6) is 1.79. The molecule has 2 aliphatic rings. The van der Waals surface area contributed by atoms with E-state index < -0.39 is 5.97 Å². The third kappa shape index (κ3) is 5.47. The van der Waals surface area contributed by atoms with Crippen LogP contribution in [0.1, 0.15) is 69.8 Å². The van der Waals surface area contributed by atoms with E-state index in [0.717, 1.165) is 37.6 Å². The molecule has 0 bridgehead atoms. The summed E-state index contributed by atoms with van der Waals surface area (Å²) in [5, 5.41) is 8.80. The van der Waals surface area contributed by atoms with Crippen LogP contribution in [0.5, 0.6) is 5.75 Å². The number of hydrogen-bond acceptors (Lipinski definition) is 3. The highest BCUT2D eigenvalue weighted by Crippen LogP contribution is 2.32. The lowest BCUT2D eigenvalue weighted by Crippen LogP contribution is -2.34. The van der Waals surface area contributed by atoms with Gasteiger partial charge in [0.05, 0.1) is 12.5 Å². The second-order valence-electron chi connectivity index (χ2n) is 8.00. The maximum absolute atomic E-state index is 10.7. The Morgan fingerprint density at radius 1 is 1.08 bits per heavy atom. The molecule has 144 valence electrons. The van der Waals surface area contributed by atoms with Crippen LogP contribution in [0.25, 0.3) is 0 Å². The molecule has 1 aliphatic carbocycles. The van der Waals surface area contributed by atoms with Gasteiger partial charge in [-0.3, -0.25) is 4.79 Å². The molecule has 3 rings (SSSR count). The van der Waals surface area contributed by atoms with Gasteiger partial charge in [0.1, 0.15) is 5.75 Å². The molecule has 0 amide bonds. The van der Waals surface area contributed by atoms with Gasteiger partial charge in [-0.2, -0.15) is 0 Å². The summed E-state index contributed by atoms with van der Waals surface area (Å²) in [6, 6.07) is 8.73. The Hall–Kier alpha value is -1.55. The first-order chi connectivity index (χ1) is 12.6. The first-order valence-electron chi connectivity index (χ1n) is 10.3. The van der Waals surface area contributed by atoms with Gasteiger partial charge >= 0.3 is 5.97 Å².